The Morgan fingerprint density at radius 1 is 1.30 bits per heavy atom. The van der Waals surface area contributed by atoms with Crippen molar-refractivity contribution in [3.63, 3.8) is 0 Å². The first-order valence-corrected chi connectivity index (χ1v) is 5.94. The minimum Gasteiger partial charge on any atom is -0.354 e. The van der Waals surface area contributed by atoms with Crippen LogP contribution in [0.2, 0.25) is 0 Å². The maximum Gasteiger partial charge on any atom is 0.293 e. The lowest BCUT2D eigenvalue weighted by atomic mass is 10.1. The van der Waals surface area contributed by atoms with E-state index in [1.54, 1.807) is 6.92 Å². The molecule has 1 amide bonds. The first-order valence-electron chi connectivity index (χ1n) is 5.94. The van der Waals surface area contributed by atoms with Gasteiger partial charge in [-0.2, -0.15) is 5.10 Å². The van der Waals surface area contributed by atoms with E-state index in [0.717, 1.165) is 5.56 Å². The van der Waals surface area contributed by atoms with Crippen LogP contribution in [-0.4, -0.2) is 26.2 Å². The van der Waals surface area contributed by atoms with Gasteiger partial charge in [-0.15, -0.1) is 0 Å². The SMILES string of the molecule is Cc1noc(-c2ccccc2)c1NC(=O)c1ncn[nH]1. The minimum absolute atomic E-state index is 0.129. The van der Waals surface area contributed by atoms with Gasteiger partial charge in [-0.25, -0.2) is 4.98 Å². The molecule has 1 aromatic carbocycles. The van der Waals surface area contributed by atoms with Crippen LogP contribution >= 0.6 is 0 Å². The van der Waals surface area contributed by atoms with Gasteiger partial charge in [0.05, 0.1) is 0 Å². The molecule has 100 valence electrons. The molecule has 3 aromatic rings. The molecule has 0 fully saturated rings. The molecule has 0 saturated heterocycles. The molecule has 7 nitrogen and oxygen atoms in total. The Morgan fingerprint density at radius 3 is 2.80 bits per heavy atom. The highest BCUT2D eigenvalue weighted by Crippen LogP contribution is 2.30. The lowest BCUT2D eigenvalue weighted by molar-refractivity contribution is 0.101. The number of nitrogens with one attached hydrogen (secondary N) is 2. The number of H-pyrrole nitrogens is 1. The van der Waals surface area contributed by atoms with Crippen molar-refractivity contribution in [2.24, 2.45) is 0 Å². The number of amides is 1. The Kier molecular flexibility index (Phi) is 3.00. The smallest absolute Gasteiger partial charge is 0.293 e. The summed E-state index contributed by atoms with van der Waals surface area (Å²) < 4.78 is 5.29. The minimum atomic E-state index is -0.397. The number of rotatable bonds is 3. The maximum absolute atomic E-state index is 12.0. The second-order valence-electron chi connectivity index (χ2n) is 4.13. The molecule has 0 atom stereocenters. The van der Waals surface area contributed by atoms with Crippen LogP contribution in [0.5, 0.6) is 0 Å². The zero-order chi connectivity index (χ0) is 13.9. The molecule has 0 bridgehead atoms. The van der Waals surface area contributed by atoms with E-state index in [0.29, 0.717) is 17.1 Å². The number of nitrogens with zero attached hydrogens (tertiary/aromatic N) is 3. The highest BCUT2D eigenvalue weighted by molar-refractivity contribution is 6.03. The quantitative estimate of drug-likeness (QED) is 0.758. The Hall–Kier alpha value is -2.96. The van der Waals surface area contributed by atoms with E-state index in [-0.39, 0.29) is 5.82 Å². The van der Waals surface area contributed by atoms with E-state index in [2.05, 4.69) is 25.7 Å². The topological polar surface area (TPSA) is 96.7 Å². The first-order chi connectivity index (χ1) is 9.75. The molecule has 2 heterocycles. The van der Waals surface area contributed by atoms with Crippen LogP contribution in [0, 0.1) is 6.92 Å². The van der Waals surface area contributed by atoms with Crippen molar-refractivity contribution < 1.29 is 9.32 Å². The second kappa shape index (κ2) is 4.96. The number of aryl methyl sites for hydroxylation is 1. The molecule has 3 rings (SSSR count). The van der Waals surface area contributed by atoms with E-state index in [1.807, 2.05) is 30.3 Å². The number of aromatic amines is 1. The average molecular weight is 269 g/mol. The van der Waals surface area contributed by atoms with Crippen LogP contribution in [0.15, 0.2) is 41.2 Å². The fourth-order valence-electron chi connectivity index (χ4n) is 1.79. The molecule has 20 heavy (non-hydrogen) atoms. The summed E-state index contributed by atoms with van der Waals surface area (Å²) in [6, 6.07) is 9.43. The van der Waals surface area contributed by atoms with Crippen LogP contribution in [-0.2, 0) is 0 Å². The van der Waals surface area contributed by atoms with Crippen molar-refractivity contribution in [2.45, 2.75) is 6.92 Å². The predicted molar refractivity (Wildman–Crippen MR) is 71.0 cm³/mol. The lowest BCUT2D eigenvalue weighted by Gasteiger charge is -2.03. The van der Waals surface area contributed by atoms with Crippen LogP contribution < -0.4 is 5.32 Å². The summed E-state index contributed by atoms with van der Waals surface area (Å²) in [7, 11) is 0. The van der Waals surface area contributed by atoms with Gasteiger partial charge in [-0.3, -0.25) is 9.89 Å². The van der Waals surface area contributed by atoms with E-state index >= 15 is 0 Å². The van der Waals surface area contributed by atoms with Crippen molar-refractivity contribution >= 4 is 11.6 Å². The summed E-state index contributed by atoms with van der Waals surface area (Å²) in [6.45, 7) is 1.76. The Bertz CT molecular complexity index is 719. The van der Waals surface area contributed by atoms with Gasteiger partial charge in [0, 0.05) is 5.56 Å². The van der Waals surface area contributed by atoms with Crippen molar-refractivity contribution in [2.75, 3.05) is 5.32 Å². The fraction of sp³-hybridized carbons (Fsp3) is 0.0769. The van der Waals surface area contributed by atoms with Crippen molar-refractivity contribution in [1.29, 1.82) is 0 Å². The van der Waals surface area contributed by atoms with E-state index in [4.69, 9.17) is 4.52 Å². The summed E-state index contributed by atoms with van der Waals surface area (Å²) in [5.74, 6) is 0.242. The number of hydrogen-bond acceptors (Lipinski definition) is 5. The largest absolute Gasteiger partial charge is 0.354 e. The predicted octanol–water partition coefficient (Wildman–Crippen LogP) is 2.02. The molecular formula is C13H11N5O2. The molecule has 0 aliphatic rings. The van der Waals surface area contributed by atoms with Crippen molar-refractivity contribution in [3.8, 4) is 11.3 Å². The Morgan fingerprint density at radius 2 is 2.10 bits per heavy atom. The molecule has 0 spiro atoms. The molecule has 7 heteroatoms. The molecule has 0 saturated carbocycles. The van der Waals surface area contributed by atoms with Crippen LogP contribution in [0.25, 0.3) is 11.3 Å². The van der Waals surface area contributed by atoms with Gasteiger partial charge in [0.2, 0.25) is 5.82 Å². The summed E-state index contributed by atoms with van der Waals surface area (Å²) in [5, 5.41) is 12.8. The molecule has 0 radical (unpaired) electrons. The van der Waals surface area contributed by atoms with Crippen molar-refractivity contribution in [3.05, 3.63) is 48.2 Å². The lowest BCUT2D eigenvalue weighted by Crippen LogP contribution is -2.14. The highest BCUT2D eigenvalue weighted by atomic mass is 16.5. The third kappa shape index (κ3) is 2.16. The van der Waals surface area contributed by atoms with Gasteiger partial charge in [-0.1, -0.05) is 35.5 Å². The van der Waals surface area contributed by atoms with Crippen LogP contribution in [0.3, 0.4) is 0 Å². The summed E-state index contributed by atoms with van der Waals surface area (Å²) in [5.41, 5.74) is 1.95. The zero-order valence-electron chi connectivity index (χ0n) is 10.6. The third-order valence-electron chi connectivity index (χ3n) is 2.77. The fourth-order valence-corrected chi connectivity index (χ4v) is 1.79. The van der Waals surface area contributed by atoms with Crippen molar-refractivity contribution in [1.82, 2.24) is 20.3 Å². The number of benzene rings is 1. The number of hydrogen-bond donors (Lipinski definition) is 2. The van der Waals surface area contributed by atoms with E-state index < -0.39 is 5.91 Å². The molecule has 0 unspecified atom stereocenters. The molecular weight excluding hydrogens is 258 g/mol. The summed E-state index contributed by atoms with van der Waals surface area (Å²) in [4.78, 5) is 15.8. The van der Waals surface area contributed by atoms with E-state index in [1.165, 1.54) is 6.33 Å². The molecule has 2 N–H and O–H groups in total. The number of carbonyl (C=O) groups excluding carboxylic acids is 1. The average Bonchev–Trinajstić information content (AvgIpc) is 3.11. The highest BCUT2D eigenvalue weighted by Gasteiger charge is 2.19. The van der Waals surface area contributed by atoms with Gasteiger partial charge in [0.25, 0.3) is 5.91 Å². The summed E-state index contributed by atoms with van der Waals surface area (Å²) in [6.07, 6.45) is 1.27. The third-order valence-corrected chi connectivity index (χ3v) is 2.77. The van der Waals surface area contributed by atoms with Gasteiger partial charge in [-0.05, 0) is 6.92 Å². The Balaban J connectivity index is 1.94. The monoisotopic (exact) mass is 269 g/mol. The van der Waals surface area contributed by atoms with E-state index in [9.17, 15) is 4.79 Å². The number of aromatic nitrogens is 4. The normalized spacial score (nSPS) is 10.4. The van der Waals surface area contributed by atoms with Gasteiger partial charge in [0.15, 0.2) is 5.76 Å². The van der Waals surface area contributed by atoms with Crippen LogP contribution in [0.1, 0.15) is 16.3 Å². The second-order valence-corrected chi connectivity index (χ2v) is 4.13. The Labute approximate surface area is 114 Å². The number of anilines is 1. The maximum atomic E-state index is 12.0. The van der Waals surface area contributed by atoms with Gasteiger partial charge < -0.3 is 9.84 Å². The van der Waals surface area contributed by atoms with Gasteiger partial charge in [0.1, 0.15) is 17.7 Å². The summed E-state index contributed by atoms with van der Waals surface area (Å²) >= 11 is 0. The van der Waals surface area contributed by atoms with Crippen LogP contribution in [0.4, 0.5) is 5.69 Å². The standard InChI is InChI=1S/C13H11N5O2/c1-8-10(16-13(19)12-14-7-15-17-12)11(20-18-8)9-5-3-2-4-6-9/h2-7H,1H3,(H,16,19)(H,14,15,17). The first kappa shape index (κ1) is 12.1. The number of carbonyl (C=O) groups is 1. The van der Waals surface area contributed by atoms with Gasteiger partial charge >= 0.3 is 0 Å². The molecule has 0 aliphatic heterocycles. The molecule has 0 aliphatic carbocycles. The zero-order valence-corrected chi connectivity index (χ0v) is 10.6. The molecule has 2 aromatic heterocycles.